The second-order valence-corrected chi connectivity index (χ2v) is 13.9. The number of ether oxygens (including phenoxy) is 2. The first kappa shape index (κ1) is 27.8. The number of allylic oxidation sites excluding steroid dienone is 3. The van der Waals surface area contributed by atoms with Crippen molar-refractivity contribution in [2.45, 2.75) is 125 Å². The van der Waals surface area contributed by atoms with Gasteiger partial charge >= 0.3 is 6.16 Å². The van der Waals surface area contributed by atoms with Crippen molar-refractivity contribution in [3.8, 4) is 0 Å². The van der Waals surface area contributed by atoms with Crippen LogP contribution in [0.1, 0.15) is 113 Å². The molecule has 3 heteroatoms. The van der Waals surface area contributed by atoms with Gasteiger partial charge in [0, 0.05) is 6.42 Å². The lowest BCUT2D eigenvalue weighted by molar-refractivity contribution is -0.0609. The Kier molecular flexibility index (Phi) is 8.37. The maximum atomic E-state index is 12.2. The van der Waals surface area contributed by atoms with Gasteiger partial charge in [-0.2, -0.15) is 0 Å². The van der Waals surface area contributed by atoms with Gasteiger partial charge < -0.3 is 9.47 Å². The third-order valence-corrected chi connectivity index (χ3v) is 11.7. The number of fused-ring (bicyclic) bond motifs is 5. The Morgan fingerprint density at radius 1 is 1.03 bits per heavy atom. The van der Waals surface area contributed by atoms with E-state index in [1.807, 2.05) is 13.8 Å². The molecular weight excluding hydrogens is 444 g/mol. The van der Waals surface area contributed by atoms with Gasteiger partial charge in [0.05, 0.1) is 0 Å². The van der Waals surface area contributed by atoms with Crippen LogP contribution in [0.15, 0.2) is 23.8 Å². The van der Waals surface area contributed by atoms with Crippen LogP contribution in [0.3, 0.4) is 0 Å². The van der Waals surface area contributed by atoms with Gasteiger partial charge in [0.1, 0.15) is 12.2 Å². The number of carbonyl (C=O) groups excluding carboxylic acids is 1. The Bertz CT molecular complexity index is 842. The predicted molar refractivity (Wildman–Crippen MR) is 149 cm³/mol. The van der Waals surface area contributed by atoms with Gasteiger partial charge in [0.25, 0.3) is 0 Å². The molecule has 0 aromatic carbocycles. The zero-order valence-electron chi connectivity index (χ0n) is 24.5. The third-order valence-electron chi connectivity index (χ3n) is 11.7. The van der Waals surface area contributed by atoms with Crippen molar-refractivity contribution in [1.82, 2.24) is 0 Å². The molecule has 0 bridgehead atoms. The first-order valence-electron chi connectivity index (χ1n) is 15.2. The SMILES string of the molecule is CCC(C)OC(=O)OC1CCC2(C)C(=CCC3C2CCC2(C)C(C(C)C=CC(C)C(C)C)CCC32)C1. The Labute approximate surface area is 221 Å². The number of hydrogen-bond acceptors (Lipinski definition) is 3. The summed E-state index contributed by atoms with van der Waals surface area (Å²) in [5.41, 5.74) is 2.32. The van der Waals surface area contributed by atoms with E-state index < -0.39 is 6.16 Å². The van der Waals surface area contributed by atoms with E-state index in [2.05, 4.69) is 59.8 Å². The van der Waals surface area contributed by atoms with Crippen LogP contribution in [0.5, 0.6) is 0 Å². The van der Waals surface area contributed by atoms with Gasteiger partial charge in [-0.15, -0.1) is 0 Å². The molecule has 0 aromatic heterocycles. The highest BCUT2D eigenvalue weighted by atomic mass is 16.7. The standard InChI is InChI=1S/C33H54O3/c1-9-24(6)35-31(34)36-26-16-18-32(7)25(20-26)12-13-27-29-15-14-28(33(29,8)19-17-30(27)32)23(5)11-10-22(4)21(2)3/h10-12,21-24,26-30H,9,13-20H2,1-8H3. The van der Waals surface area contributed by atoms with Gasteiger partial charge in [-0.3, -0.25) is 0 Å². The van der Waals surface area contributed by atoms with Gasteiger partial charge in [-0.05, 0) is 111 Å². The Morgan fingerprint density at radius 2 is 1.78 bits per heavy atom. The number of hydrogen-bond donors (Lipinski definition) is 0. The summed E-state index contributed by atoms with van der Waals surface area (Å²) in [6, 6.07) is 0. The molecule has 10 atom stereocenters. The highest BCUT2D eigenvalue weighted by Gasteiger charge is 2.59. The summed E-state index contributed by atoms with van der Waals surface area (Å²) >= 11 is 0. The molecule has 4 aliphatic carbocycles. The molecule has 0 heterocycles. The van der Waals surface area contributed by atoms with E-state index in [0.717, 1.165) is 49.4 Å². The summed E-state index contributed by atoms with van der Waals surface area (Å²) in [5, 5.41) is 0. The second-order valence-electron chi connectivity index (χ2n) is 13.9. The monoisotopic (exact) mass is 498 g/mol. The highest BCUT2D eigenvalue weighted by Crippen LogP contribution is 2.67. The maximum absolute atomic E-state index is 12.2. The van der Waals surface area contributed by atoms with Crippen molar-refractivity contribution in [2.24, 2.45) is 52.3 Å². The van der Waals surface area contributed by atoms with Gasteiger partial charge in [-0.25, -0.2) is 4.79 Å². The lowest BCUT2D eigenvalue weighted by atomic mass is 9.47. The Morgan fingerprint density at radius 3 is 2.47 bits per heavy atom. The third kappa shape index (κ3) is 5.19. The molecule has 0 saturated heterocycles. The van der Waals surface area contributed by atoms with Crippen LogP contribution in [0, 0.1) is 52.3 Å². The minimum atomic E-state index is -0.483. The highest BCUT2D eigenvalue weighted by molar-refractivity contribution is 5.60. The fourth-order valence-electron chi connectivity index (χ4n) is 8.75. The predicted octanol–water partition coefficient (Wildman–Crippen LogP) is 9.37. The van der Waals surface area contributed by atoms with Gasteiger partial charge in [0.15, 0.2) is 0 Å². The first-order chi connectivity index (χ1) is 17.0. The van der Waals surface area contributed by atoms with Crippen LogP contribution in [0.2, 0.25) is 0 Å². The van der Waals surface area contributed by atoms with E-state index in [9.17, 15) is 4.79 Å². The van der Waals surface area contributed by atoms with Crippen LogP contribution >= 0.6 is 0 Å². The lowest BCUT2D eigenvalue weighted by Crippen LogP contribution is -2.51. The quantitative estimate of drug-likeness (QED) is 0.259. The Hall–Kier alpha value is -1.25. The van der Waals surface area contributed by atoms with E-state index in [4.69, 9.17) is 9.47 Å². The average Bonchev–Trinajstić information content (AvgIpc) is 3.19. The summed E-state index contributed by atoms with van der Waals surface area (Å²) in [4.78, 5) is 12.2. The van der Waals surface area contributed by atoms with Crippen molar-refractivity contribution in [1.29, 1.82) is 0 Å². The molecule has 0 aliphatic heterocycles. The van der Waals surface area contributed by atoms with E-state index in [1.165, 1.54) is 32.1 Å². The molecule has 0 N–H and O–H groups in total. The molecule has 0 amide bonds. The van der Waals surface area contributed by atoms with E-state index in [-0.39, 0.29) is 17.6 Å². The molecule has 3 nitrogen and oxygen atoms in total. The fourth-order valence-corrected chi connectivity index (χ4v) is 8.75. The summed E-state index contributed by atoms with van der Waals surface area (Å²) in [5.74, 6) is 5.32. The fraction of sp³-hybridized carbons (Fsp3) is 0.848. The van der Waals surface area contributed by atoms with E-state index >= 15 is 0 Å². The molecule has 0 aromatic rings. The molecule has 204 valence electrons. The van der Waals surface area contributed by atoms with Crippen molar-refractivity contribution in [2.75, 3.05) is 0 Å². The van der Waals surface area contributed by atoms with Crippen molar-refractivity contribution in [3.63, 3.8) is 0 Å². The molecule has 3 saturated carbocycles. The molecule has 4 rings (SSSR count). The second kappa shape index (κ2) is 10.9. The summed E-state index contributed by atoms with van der Waals surface area (Å²) < 4.78 is 11.2. The maximum Gasteiger partial charge on any atom is 0.508 e. The largest absolute Gasteiger partial charge is 0.508 e. The first-order valence-corrected chi connectivity index (χ1v) is 15.2. The zero-order valence-corrected chi connectivity index (χ0v) is 24.5. The van der Waals surface area contributed by atoms with E-state index in [1.54, 1.807) is 5.57 Å². The van der Waals surface area contributed by atoms with Gasteiger partial charge in [-0.1, -0.05) is 72.3 Å². The topological polar surface area (TPSA) is 35.5 Å². The lowest BCUT2D eigenvalue weighted by Gasteiger charge is -2.58. The molecule has 0 spiro atoms. The summed E-state index contributed by atoms with van der Waals surface area (Å²) in [6.07, 6.45) is 17.6. The smallest absolute Gasteiger partial charge is 0.431 e. The molecule has 3 fully saturated rings. The van der Waals surface area contributed by atoms with Crippen molar-refractivity contribution >= 4 is 6.16 Å². The number of rotatable bonds is 7. The zero-order chi connectivity index (χ0) is 26.3. The molecule has 0 radical (unpaired) electrons. The Balaban J connectivity index is 1.44. The molecule has 4 aliphatic rings. The minimum Gasteiger partial charge on any atom is -0.431 e. The van der Waals surface area contributed by atoms with E-state index in [0.29, 0.717) is 23.2 Å². The normalized spacial score (nSPS) is 40.6. The summed E-state index contributed by atoms with van der Waals surface area (Å²) in [6.45, 7) is 18.7. The van der Waals surface area contributed by atoms with Crippen LogP contribution < -0.4 is 0 Å². The van der Waals surface area contributed by atoms with Crippen LogP contribution in [-0.2, 0) is 9.47 Å². The minimum absolute atomic E-state index is 0.0250. The molecular formula is C33H54O3. The van der Waals surface area contributed by atoms with Gasteiger partial charge in [0.2, 0.25) is 0 Å². The van der Waals surface area contributed by atoms with Crippen molar-refractivity contribution in [3.05, 3.63) is 23.8 Å². The number of carbonyl (C=O) groups is 1. The average molecular weight is 499 g/mol. The van der Waals surface area contributed by atoms with Crippen LogP contribution in [0.25, 0.3) is 0 Å². The van der Waals surface area contributed by atoms with Crippen LogP contribution in [-0.4, -0.2) is 18.4 Å². The summed E-state index contributed by atoms with van der Waals surface area (Å²) in [7, 11) is 0. The van der Waals surface area contributed by atoms with Crippen LogP contribution in [0.4, 0.5) is 4.79 Å². The van der Waals surface area contributed by atoms with Crippen molar-refractivity contribution < 1.29 is 14.3 Å². The molecule has 10 unspecified atom stereocenters. The molecule has 36 heavy (non-hydrogen) atoms.